The molecule has 2 aromatic carbocycles. The third-order valence-corrected chi connectivity index (χ3v) is 5.71. The Labute approximate surface area is 176 Å². The molecule has 30 heavy (non-hydrogen) atoms. The highest BCUT2D eigenvalue weighted by Gasteiger charge is 2.24. The lowest BCUT2D eigenvalue weighted by molar-refractivity contribution is -0.116. The molecule has 6 nitrogen and oxygen atoms in total. The smallest absolute Gasteiger partial charge is 0.339 e. The molecule has 2 heterocycles. The number of hydrogen-bond acceptors (Lipinski definition) is 5. The van der Waals surface area contributed by atoms with Crippen LogP contribution < -0.4 is 10.1 Å². The largest absolute Gasteiger partial charge is 0.493 e. The Morgan fingerprint density at radius 3 is 2.67 bits per heavy atom. The number of furan rings is 1. The predicted octanol–water partition coefficient (Wildman–Crippen LogP) is 5.44. The standard InChI is InChI=1S/C23H19NO5S/c1-28-17-9-5-8-15-12-18(29-21(15)17)22-20(23(26)27)16(13-30-22)24-19(25)11-10-14-6-3-2-4-7-14/h2-9,12-13H,10-11H2,1H3,(H,24,25)(H,26,27). The van der Waals surface area contributed by atoms with Gasteiger partial charge in [0.15, 0.2) is 11.3 Å². The van der Waals surface area contributed by atoms with Gasteiger partial charge in [-0.05, 0) is 24.1 Å². The number of aromatic carboxylic acids is 1. The van der Waals surface area contributed by atoms with Gasteiger partial charge >= 0.3 is 5.97 Å². The van der Waals surface area contributed by atoms with E-state index in [0.29, 0.717) is 28.4 Å². The van der Waals surface area contributed by atoms with E-state index in [-0.39, 0.29) is 23.6 Å². The fourth-order valence-corrected chi connectivity index (χ4v) is 4.21. The number of thiophene rings is 1. The molecule has 4 rings (SSSR count). The van der Waals surface area contributed by atoms with Crippen LogP contribution in [0.5, 0.6) is 5.75 Å². The number of benzene rings is 2. The Balaban J connectivity index is 1.59. The van der Waals surface area contributed by atoms with Gasteiger partial charge in [0.05, 0.1) is 17.7 Å². The Hall–Kier alpha value is -3.58. The molecule has 0 aliphatic carbocycles. The number of fused-ring (bicyclic) bond motifs is 1. The lowest BCUT2D eigenvalue weighted by Gasteiger charge is -2.06. The molecule has 152 valence electrons. The molecule has 1 amide bonds. The maximum absolute atomic E-state index is 12.4. The van der Waals surface area contributed by atoms with E-state index in [1.165, 1.54) is 11.3 Å². The van der Waals surface area contributed by atoms with E-state index in [1.54, 1.807) is 24.6 Å². The fraction of sp³-hybridized carbons (Fsp3) is 0.130. The number of hydrogen-bond donors (Lipinski definition) is 2. The van der Waals surface area contributed by atoms with Crippen LogP contribution in [0.25, 0.3) is 21.6 Å². The van der Waals surface area contributed by atoms with Gasteiger partial charge in [-0.3, -0.25) is 4.79 Å². The van der Waals surface area contributed by atoms with Crippen molar-refractivity contribution in [3.63, 3.8) is 0 Å². The number of anilines is 1. The third-order valence-electron chi connectivity index (χ3n) is 4.71. The summed E-state index contributed by atoms with van der Waals surface area (Å²) in [4.78, 5) is 24.8. The first-order valence-electron chi connectivity index (χ1n) is 9.32. The van der Waals surface area contributed by atoms with Crippen molar-refractivity contribution in [3.05, 3.63) is 71.1 Å². The lowest BCUT2D eigenvalue weighted by Crippen LogP contribution is -2.14. The molecule has 2 N–H and O–H groups in total. The molecule has 0 fully saturated rings. The first-order chi connectivity index (χ1) is 14.6. The van der Waals surface area contributed by atoms with Gasteiger partial charge in [0.25, 0.3) is 0 Å². The van der Waals surface area contributed by atoms with E-state index in [2.05, 4.69) is 5.32 Å². The number of carbonyl (C=O) groups excluding carboxylic acids is 1. The van der Waals surface area contributed by atoms with E-state index < -0.39 is 5.97 Å². The predicted molar refractivity (Wildman–Crippen MR) is 116 cm³/mol. The lowest BCUT2D eigenvalue weighted by atomic mass is 10.1. The van der Waals surface area contributed by atoms with Gasteiger partial charge in [-0.2, -0.15) is 0 Å². The van der Waals surface area contributed by atoms with Crippen LogP contribution in [-0.4, -0.2) is 24.1 Å². The van der Waals surface area contributed by atoms with E-state index in [9.17, 15) is 14.7 Å². The number of ether oxygens (including phenoxy) is 1. The number of para-hydroxylation sites is 1. The van der Waals surface area contributed by atoms with Gasteiger partial charge in [0.2, 0.25) is 5.91 Å². The number of aryl methyl sites for hydroxylation is 1. The second kappa shape index (κ2) is 8.42. The average Bonchev–Trinajstić information content (AvgIpc) is 3.36. The first-order valence-corrected chi connectivity index (χ1v) is 10.2. The molecule has 0 saturated heterocycles. The highest BCUT2D eigenvalue weighted by atomic mass is 32.1. The van der Waals surface area contributed by atoms with E-state index >= 15 is 0 Å². The van der Waals surface area contributed by atoms with Gasteiger partial charge in [0, 0.05) is 17.2 Å². The number of methoxy groups -OCH3 is 1. The number of carboxylic acid groups (broad SMARTS) is 1. The molecule has 0 aliphatic rings. The van der Waals surface area contributed by atoms with Crippen molar-refractivity contribution in [3.8, 4) is 16.4 Å². The summed E-state index contributed by atoms with van der Waals surface area (Å²) < 4.78 is 11.2. The highest BCUT2D eigenvalue weighted by molar-refractivity contribution is 7.14. The zero-order chi connectivity index (χ0) is 21.1. The molecule has 2 aromatic heterocycles. The summed E-state index contributed by atoms with van der Waals surface area (Å²) >= 11 is 1.21. The quantitative estimate of drug-likeness (QED) is 0.415. The molecular weight excluding hydrogens is 402 g/mol. The summed E-state index contributed by atoms with van der Waals surface area (Å²) in [6, 6.07) is 16.9. The van der Waals surface area contributed by atoms with Crippen molar-refractivity contribution in [1.82, 2.24) is 0 Å². The maximum Gasteiger partial charge on any atom is 0.339 e. The number of rotatable bonds is 7. The van der Waals surface area contributed by atoms with Crippen molar-refractivity contribution >= 4 is 39.9 Å². The number of nitrogens with one attached hydrogen (secondary N) is 1. The van der Waals surface area contributed by atoms with Gasteiger partial charge in [-0.1, -0.05) is 42.5 Å². The van der Waals surface area contributed by atoms with Crippen LogP contribution in [0.1, 0.15) is 22.3 Å². The van der Waals surface area contributed by atoms with Crippen molar-refractivity contribution < 1.29 is 23.8 Å². The van der Waals surface area contributed by atoms with Gasteiger partial charge in [-0.15, -0.1) is 11.3 Å². The van der Waals surface area contributed by atoms with E-state index in [0.717, 1.165) is 10.9 Å². The minimum absolute atomic E-state index is 0.0195. The van der Waals surface area contributed by atoms with Crippen LogP contribution in [0.2, 0.25) is 0 Å². The van der Waals surface area contributed by atoms with E-state index in [1.807, 2.05) is 42.5 Å². The molecular formula is C23H19NO5S. The third kappa shape index (κ3) is 3.92. The van der Waals surface area contributed by atoms with Gasteiger partial charge in [-0.25, -0.2) is 4.79 Å². The maximum atomic E-state index is 12.4. The van der Waals surface area contributed by atoms with Crippen LogP contribution in [0.4, 0.5) is 5.69 Å². The van der Waals surface area contributed by atoms with Crippen LogP contribution >= 0.6 is 11.3 Å². The monoisotopic (exact) mass is 421 g/mol. The van der Waals surface area contributed by atoms with Gasteiger partial charge < -0.3 is 19.6 Å². The van der Waals surface area contributed by atoms with Crippen LogP contribution in [0, 0.1) is 0 Å². The number of amides is 1. The molecule has 7 heteroatoms. The van der Waals surface area contributed by atoms with Crippen molar-refractivity contribution in [2.75, 3.05) is 12.4 Å². The molecule has 0 unspecified atom stereocenters. The van der Waals surface area contributed by atoms with Crippen molar-refractivity contribution in [1.29, 1.82) is 0 Å². The Morgan fingerprint density at radius 1 is 1.13 bits per heavy atom. The summed E-state index contributed by atoms with van der Waals surface area (Å²) in [5.74, 6) is -0.377. The van der Waals surface area contributed by atoms with Gasteiger partial charge in [0.1, 0.15) is 11.3 Å². The van der Waals surface area contributed by atoms with Crippen molar-refractivity contribution in [2.24, 2.45) is 0 Å². The Kier molecular flexibility index (Phi) is 5.54. The summed E-state index contributed by atoms with van der Waals surface area (Å²) in [6.07, 6.45) is 0.839. The van der Waals surface area contributed by atoms with Crippen LogP contribution in [0.3, 0.4) is 0 Å². The van der Waals surface area contributed by atoms with E-state index in [4.69, 9.17) is 9.15 Å². The Morgan fingerprint density at radius 2 is 1.93 bits per heavy atom. The minimum atomic E-state index is -1.13. The molecule has 0 spiro atoms. The Bertz CT molecular complexity index is 1210. The highest BCUT2D eigenvalue weighted by Crippen LogP contribution is 2.40. The topological polar surface area (TPSA) is 88.8 Å². The molecule has 0 bridgehead atoms. The van der Waals surface area contributed by atoms with Crippen LogP contribution in [-0.2, 0) is 11.2 Å². The SMILES string of the molecule is COc1cccc2cc(-c3scc(NC(=O)CCc4ccccc4)c3C(=O)O)oc12. The average molecular weight is 421 g/mol. The molecule has 0 atom stereocenters. The molecule has 0 saturated carbocycles. The number of carboxylic acids is 1. The minimum Gasteiger partial charge on any atom is -0.493 e. The molecule has 4 aromatic rings. The zero-order valence-corrected chi connectivity index (χ0v) is 17.0. The summed E-state index contributed by atoms with van der Waals surface area (Å²) in [7, 11) is 1.55. The summed E-state index contributed by atoms with van der Waals surface area (Å²) in [5.41, 5.74) is 1.89. The first kappa shape index (κ1) is 19.7. The normalized spacial score (nSPS) is 10.8. The molecule has 0 aliphatic heterocycles. The summed E-state index contributed by atoms with van der Waals surface area (Å²) in [5, 5.41) is 15.0. The van der Waals surface area contributed by atoms with Crippen molar-refractivity contribution in [2.45, 2.75) is 12.8 Å². The second-order valence-corrected chi connectivity index (χ2v) is 7.56. The fourth-order valence-electron chi connectivity index (χ4n) is 3.27. The number of carbonyl (C=O) groups is 2. The zero-order valence-electron chi connectivity index (χ0n) is 16.2. The summed E-state index contributed by atoms with van der Waals surface area (Å²) in [6.45, 7) is 0. The van der Waals surface area contributed by atoms with Crippen LogP contribution in [0.15, 0.2) is 64.4 Å². The second-order valence-electron chi connectivity index (χ2n) is 6.68. The molecule has 0 radical (unpaired) electrons.